The van der Waals surface area contributed by atoms with Crippen LogP contribution < -0.4 is 0 Å². The molecule has 0 aliphatic rings. The predicted octanol–water partition coefficient (Wildman–Crippen LogP) is 2.22. The van der Waals surface area contributed by atoms with Crippen LogP contribution in [0.5, 0.6) is 0 Å². The summed E-state index contributed by atoms with van der Waals surface area (Å²) in [6, 6.07) is 0.877. The smallest absolute Gasteiger partial charge is 0.330 e. The maximum absolute atomic E-state index is 10.9. The molecular weight excluding hydrogens is 260 g/mol. The quantitative estimate of drug-likeness (QED) is 0.171. The molecule has 0 aliphatic heterocycles. The average Bonchev–Trinajstić information content (AvgIpc) is 2.43. The van der Waals surface area contributed by atoms with Gasteiger partial charge in [0.25, 0.3) is 0 Å². The SMILES string of the molecule is C=CC(=O)OCC[SiH2]C(OCCCC)OCCCC. The highest BCUT2D eigenvalue weighted by Gasteiger charge is 2.10. The topological polar surface area (TPSA) is 44.8 Å². The Morgan fingerprint density at radius 3 is 2.21 bits per heavy atom. The van der Waals surface area contributed by atoms with E-state index >= 15 is 0 Å². The lowest BCUT2D eigenvalue weighted by Gasteiger charge is -2.18. The summed E-state index contributed by atoms with van der Waals surface area (Å²) in [6.45, 7) is 9.60. The van der Waals surface area contributed by atoms with Gasteiger partial charge in [-0.2, -0.15) is 0 Å². The zero-order valence-corrected chi connectivity index (χ0v) is 13.8. The first kappa shape index (κ1) is 18.3. The lowest BCUT2D eigenvalue weighted by molar-refractivity contribution is -0.137. The summed E-state index contributed by atoms with van der Waals surface area (Å²) in [5.41, 5.74) is 0. The second-order valence-electron chi connectivity index (χ2n) is 4.39. The summed E-state index contributed by atoms with van der Waals surface area (Å²) >= 11 is 0. The molecule has 0 N–H and O–H groups in total. The van der Waals surface area contributed by atoms with Crippen molar-refractivity contribution in [2.24, 2.45) is 0 Å². The van der Waals surface area contributed by atoms with E-state index in [9.17, 15) is 4.79 Å². The Labute approximate surface area is 119 Å². The van der Waals surface area contributed by atoms with Crippen molar-refractivity contribution in [2.75, 3.05) is 19.8 Å². The van der Waals surface area contributed by atoms with Gasteiger partial charge >= 0.3 is 5.97 Å². The van der Waals surface area contributed by atoms with Crippen LogP contribution >= 0.6 is 0 Å². The largest absolute Gasteiger partial charge is 0.463 e. The van der Waals surface area contributed by atoms with E-state index in [-0.39, 0.29) is 11.9 Å². The summed E-state index contributed by atoms with van der Waals surface area (Å²) < 4.78 is 16.4. The van der Waals surface area contributed by atoms with Crippen LogP contribution in [0.1, 0.15) is 39.5 Å². The number of esters is 1. The lowest BCUT2D eigenvalue weighted by atomic mass is 10.4. The van der Waals surface area contributed by atoms with Crippen LogP contribution in [0, 0.1) is 0 Å². The van der Waals surface area contributed by atoms with Crippen molar-refractivity contribution in [1.29, 1.82) is 0 Å². The molecule has 0 aromatic rings. The molecule has 0 bridgehead atoms. The average molecular weight is 288 g/mol. The maximum atomic E-state index is 10.9. The number of carbonyl (C=O) groups excluding carboxylic acids is 1. The van der Waals surface area contributed by atoms with Gasteiger partial charge in [0.1, 0.15) is 5.91 Å². The molecule has 0 spiro atoms. The van der Waals surface area contributed by atoms with Gasteiger partial charge in [-0.15, -0.1) is 0 Å². The summed E-state index contributed by atoms with van der Waals surface area (Å²) in [5.74, 6) is -0.398. The van der Waals surface area contributed by atoms with E-state index in [4.69, 9.17) is 14.2 Å². The molecule has 0 atom stereocenters. The standard InChI is InChI=1S/C14H28O4Si/c1-4-7-9-17-14(18-10-8-5-2)19-12-11-16-13(15)6-3/h6,14H,3-5,7-12,19H2,1-2H3. The Morgan fingerprint density at radius 2 is 1.74 bits per heavy atom. The second kappa shape index (κ2) is 13.8. The van der Waals surface area contributed by atoms with Gasteiger partial charge in [-0.25, -0.2) is 4.79 Å². The Morgan fingerprint density at radius 1 is 1.16 bits per heavy atom. The third-order valence-corrected chi connectivity index (χ3v) is 4.24. The van der Waals surface area contributed by atoms with Crippen LogP contribution in [-0.4, -0.2) is 41.2 Å². The van der Waals surface area contributed by atoms with Gasteiger partial charge in [0.05, 0.1) is 16.1 Å². The van der Waals surface area contributed by atoms with Gasteiger partial charge in [-0.3, -0.25) is 0 Å². The predicted molar refractivity (Wildman–Crippen MR) is 80.0 cm³/mol. The number of ether oxygens (including phenoxy) is 3. The van der Waals surface area contributed by atoms with Gasteiger partial charge in [-0.05, 0) is 18.9 Å². The highest BCUT2D eigenvalue weighted by atomic mass is 28.2. The Bertz CT molecular complexity index is 223. The van der Waals surface area contributed by atoms with Crippen LogP contribution in [0.2, 0.25) is 6.04 Å². The van der Waals surface area contributed by atoms with E-state index < -0.39 is 9.52 Å². The summed E-state index contributed by atoms with van der Waals surface area (Å²) in [7, 11) is -0.537. The minimum atomic E-state index is -0.537. The van der Waals surface area contributed by atoms with E-state index in [0.29, 0.717) is 6.61 Å². The number of carbonyl (C=O) groups is 1. The maximum Gasteiger partial charge on any atom is 0.330 e. The highest BCUT2D eigenvalue weighted by Crippen LogP contribution is 2.02. The van der Waals surface area contributed by atoms with Crippen LogP contribution in [0.3, 0.4) is 0 Å². The first-order chi connectivity index (χ1) is 9.24. The molecule has 0 unspecified atom stereocenters. The molecule has 0 radical (unpaired) electrons. The lowest BCUT2D eigenvalue weighted by Crippen LogP contribution is -2.26. The van der Waals surface area contributed by atoms with E-state index in [0.717, 1.165) is 44.9 Å². The summed E-state index contributed by atoms with van der Waals surface area (Å²) in [4.78, 5) is 10.9. The third-order valence-electron chi connectivity index (χ3n) is 2.60. The van der Waals surface area contributed by atoms with Gasteiger partial charge < -0.3 is 14.2 Å². The Kier molecular flexibility index (Phi) is 13.3. The molecule has 0 saturated heterocycles. The fourth-order valence-electron chi connectivity index (χ4n) is 1.41. The van der Waals surface area contributed by atoms with Crippen molar-refractivity contribution < 1.29 is 19.0 Å². The molecule has 0 aliphatic carbocycles. The van der Waals surface area contributed by atoms with E-state index in [1.54, 1.807) is 0 Å². The molecule has 112 valence electrons. The number of hydrogen-bond acceptors (Lipinski definition) is 4. The first-order valence-corrected chi connectivity index (χ1v) is 9.08. The summed E-state index contributed by atoms with van der Waals surface area (Å²) in [5, 5.41) is 0. The fraction of sp³-hybridized carbons (Fsp3) is 0.786. The molecule has 4 nitrogen and oxygen atoms in total. The molecule has 0 amide bonds. The number of rotatable bonds is 13. The van der Waals surface area contributed by atoms with Crippen molar-refractivity contribution in [3.8, 4) is 0 Å². The molecule has 5 heteroatoms. The van der Waals surface area contributed by atoms with Crippen molar-refractivity contribution in [3.63, 3.8) is 0 Å². The van der Waals surface area contributed by atoms with Crippen LogP contribution in [0.25, 0.3) is 0 Å². The van der Waals surface area contributed by atoms with Gasteiger partial charge in [0.2, 0.25) is 0 Å². The third kappa shape index (κ3) is 12.1. The van der Waals surface area contributed by atoms with Crippen LogP contribution in [-0.2, 0) is 19.0 Å². The van der Waals surface area contributed by atoms with E-state index in [1.165, 1.54) is 6.08 Å². The van der Waals surface area contributed by atoms with Gasteiger partial charge in [0.15, 0.2) is 0 Å². The fourth-order valence-corrected chi connectivity index (χ4v) is 2.73. The highest BCUT2D eigenvalue weighted by molar-refractivity contribution is 6.36. The Balaban J connectivity index is 3.75. The molecule has 0 aromatic heterocycles. The van der Waals surface area contributed by atoms with Gasteiger partial charge in [-0.1, -0.05) is 33.3 Å². The zero-order valence-electron chi connectivity index (χ0n) is 12.4. The van der Waals surface area contributed by atoms with Crippen molar-refractivity contribution >= 4 is 15.5 Å². The zero-order chi connectivity index (χ0) is 14.3. The normalized spacial score (nSPS) is 11.3. The molecule has 0 rings (SSSR count). The van der Waals surface area contributed by atoms with Crippen molar-refractivity contribution in [3.05, 3.63) is 12.7 Å². The van der Waals surface area contributed by atoms with E-state index in [1.807, 2.05) is 0 Å². The molecule has 0 heterocycles. The Hall–Kier alpha value is -0.653. The monoisotopic (exact) mass is 288 g/mol. The van der Waals surface area contributed by atoms with Crippen molar-refractivity contribution in [1.82, 2.24) is 0 Å². The molecule has 19 heavy (non-hydrogen) atoms. The molecule has 0 aromatic carbocycles. The van der Waals surface area contributed by atoms with Crippen LogP contribution in [0.15, 0.2) is 12.7 Å². The number of hydrogen-bond donors (Lipinski definition) is 0. The van der Waals surface area contributed by atoms with Crippen LogP contribution in [0.4, 0.5) is 0 Å². The molecular formula is C14H28O4Si. The van der Waals surface area contributed by atoms with Gasteiger partial charge in [0, 0.05) is 19.3 Å². The summed E-state index contributed by atoms with van der Waals surface area (Å²) in [6.07, 6.45) is 5.57. The molecule has 0 fully saturated rings. The second-order valence-corrected chi connectivity index (χ2v) is 6.34. The molecule has 0 saturated carbocycles. The minimum Gasteiger partial charge on any atom is -0.463 e. The van der Waals surface area contributed by atoms with Crippen molar-refractivity contribution in [2.45, 2.75) is 51.5 Å². The van der Waals surface area contributed by atoms with E-state index in [2.05, 4.69) is 20.4 Å². The first-order valence-electron chi connectivity index (χ1n) is 7.27. The minimum absolute atomic E-state index is 0.0412. The number of unbranched alkanes of at least 4 members (excludes halogenated alkanes) is 2.